The Bertz CT molecular complexity index is 376. The van der Waals surface area contributed by atoms with Gasteiger partial charge in [0.25, 0.3) is 0 Å². The maximum absolute atomic E-state index is 6.30. The molecule has 0 amide bonds. The van der Waals surface area contributed by atoms with Crippen molar-refractivity contribution >= 4 is 27.5 Å². The molecule has 0 heterocycles. The van der Waals surface area contributed by atoms with E-state index in [0.717, 1.165) is 29.5 Å². The number of rotatable bonds is 5. The third kappa shape index (κ3) is 3.46. The van der Waals surface area contributed by atoms with Gasteiger partial charge < -0.3 is 0 Å². The second kappa shape index (κ2) is 6.21. The van der Waals surface area contributed by atoms with Crippen LogP contribution in [0.1, 0.15) is 30.4 Å². The van der Waals surface area contributed by atoms with Gasteiger partial charge in [0.2, 0.25) is 0 Å². The lowest BCUT2D eigenvalue weighted by atomic mass is 9.91. The zero-order valence-electron chi connectivity index (χ0n) is 10.3. The van der Waals surface area contributed by atoms with Crippen molar-refractivity contribution in [1.29, 1.82) is 0 Å². The van der Waals surface area contributed by atoms with Crippen molar-refractivity contribution in [2.24, 2.45) is 0 Å². The Morgan fingerprint density at radius 2 is 2.18 bits per heavy atom. The van der Waals surface area contributed by atoms with Crippen LogP contribution in [0.4, 0.5) is 0 Å². The predicted molar refractivity (Wildman–Crippen MR) is 78.0 cm³/mol. The maximum Gasteiger partial charge on any atom is 0.0453 e. The summed E-state index contributed by atoms with van der Waals surface area (Å²) in [5.41, 5.74) is 2.49. The topological polar surface area (TPSA) is 3.24 Å². The largest absolute Gasteiger partial charge is 0.295 e. The van der Waals surface area contributed by atoms with Gasteiger partial charge in [-0.2, -0.15) is 0 Å². The van der Waals surface area contributed by atoms with E-state index >= 15 is 0 Å². The lowest BCUT2D eigenvalue weighted by Gasteiger charge is -2.37. The van der Waals surface area contributed by atoms with Crippen molar-refractivity contribution in [2.45, 2.75) is 38.8 Å². The molecule has 1 saturated carbocycles. The Labute approximate surface area is 117 Å². The summed E-state index contributed by atoms with van der Waals surface area (Å²) >= 11 is 9.84. The van der Waals surface area contributed by atoms with E-state index in [4.69, 9.17) is 11.6 Å². The Kier molecular flexibility index (Phi) is 4.89. The van der Waals surface area contributed by atoms with E-state index in [-0.39, 0.29) is 0 Å². The van der Waals surface area contributed by atoms with Crippen LogP contribution in [0.25, 0.3) is 0 Å². The molecule has 0 bridgehead atoms. The van der Waals surface area contributed by atoms with Gasteiger partial charge in [-0.15, -0.1) is 0 Å². The molecule has 1 aliphatic rings. The van der Waals surface area contributed by atoms with E-state index in [9.17, 15) is 0 Å². The van der Waals surface area contributed by atoms with Crippen molar-refractivity contribution in [1.82, 2.24) is 4.90 Å². The summed E-state index contributed by atoms with van der Waals surface area (Å²) in [7, 11) is 0. The molecule has 94 valence electrons. The van der Waals surface area contributed by atoms with Crippen molar-refractivity contribution in [3.8, 4) is 0 Å². The number of hydrogen-bond acceptors (Lipinski definition) is 1. The molecule has 0 atom stereocenters. The fraction of sp³-hybridized carbons (Fsp3) is 0.571. The zero-order chi connectivity index (χ0) is 12.3. The van der Waals surface area contributed by atoms with Crippen LogP contribution < -0.4 is 0 Å². The molecule has 1 aliphatic carbocycles. The van der Waals surface area contributed by atoms with E-state index in [2.05, 4.69) is 46.0 Å². The lowest BCUT2D eigenvalue weighted by Crippen LogP contribution is -2.40. The summed E-state index contributed by atoms with van der Waals surface area (Å²) in [4.78, 5) is 2.55. The van der Waals surface area contributed by atoms with Crippen molar-refractivity contribution < 1.29 is 0 Å². The molecule has 0 N–H and O–H groups in total. The highest BCUT2D eigenvalue weighted by molar-refractivity contribution is 9.09. The molecule has 0 aliphatic heterocycles. The molecular formula is C14H19BrClN. The van der Waals surface area contributed by atoms with E-state index in [1.165, 1.54) is 30.4 Å². The van der Waals surface area contributed by atoms with E-state index in [0.29, 0.717) is 0 Å². The molecule has 0 spiro atoms. The first-order chi connectivity index (χ1) is 8.20. The number of aryl methyl sites for hydroxylation is 1. The van der Waals surface area contributed by atoms with Crippen LogP contribution in [-0.4, -0.2) is 22.8 Å². The normalized spacial score (nSPS) is 16.2. The molecule has 1 nitrogen and oxygen atoms in total. The van der Waals surface area contributed by atoms with Crippen LogP contribution in [-0.2, 0) is 6.54 Å². The number of halogens is 2. The predicted octanol–water partition coefficient (Wildman–Crippen LogP) is 4.40. The number of nitrogens with zero attached hydrogens (tertiary/aromatic N) is 1. The van der Waals surface area contributed by atoms with Gasteiger partial charge in [0.15, 0.2) is 0 Å². The average molecular weight is 317 g/mol. The third-order valence-electron chi connectivity index (χ3n) is 3.54. The molecular weight excluding hydrogens is 298 g/mol. The highest BCUT2D eigenvalue weighted by Crippen LogP contribution is 2.28. The van der Waals surface area contributed by atoms with Crippen LogP contribution >= 0.6 is 27.5 Å². The second-order valence-electron chi connectivity index (χ2n) is 4.84. The maximum atomic E-state index is 6.30. The summed E-state index contributed by atoms with van der Waals surface area (Å²) in [5, 5.41) is 1.94. The van der Waals surface area contributed by atoms with Gasteiger partial charge in [-0.05, 0) is 37.0 Å². The molecule has 2 rings (SSSR count). The first kappa shape index (κ1) is 13.4. The Morgan fingerprint density at radius 1 is 1.41 bits per heavy atom. The quantitative estimate of drug-likeness (QED) is 0.728. The summed E-state index contributed by atoms with van der Waals surface area (Å²) in [5.74, 6) is 0. The second-order valence-corrected chi connectivity index (χ2v) is 6.04. The van der Waals surface area contributed by atoms with Gasteiger partial charge >= 0.3 is 0 Å². The van der Waals surface area contributed by atoms with Gasteiger partial charge in [-0.3, -0.25) is 4.90 Å². The molecule has 3 heteroatoms. The van der Waals surface area contributed by atoms with E-state index < -0.39 is 0 Å². The molecule has 1 aromatic carbocycles. The van der Waals surface area contributed by atoms with Crippen molar-refractivity contribution in [3.05, 3.63) is 34.3 Å². The smallest absolute Gasteiger partial charge is 0.0453 e. The minimum Gasteiger partial charge on any atom is -0.295 e. The van der Waals surface area contributed by atoms with Crippen LogP contribution in [0.15, 0.2) is 18.2 Å². The Hall–Kier alpha value is -0.0500. The van der Waals surface area contributed by atoms with Crippen LogP contribution in [0.2, 0.25) is 5.02 Å². The van der Waals surface area contributed by atoms with E-state index in [1.54, 1.807) is 0 Å². The van der Waals surface area contributed by atoms with Gasteiger partial charge in [0.1, 0.15) is 0 Å². The first-order valence-corrected chi connectivity index (χ1v) is 7.75. The summed E-state index contributed by atoms with van der Waals surface area (Å²) < 4.78 is 0. The lowest BCUT2D eigenvalue weighted by molar-refractivity contribution is 0.128. The number of alkyl halides is 1. The highest BCUT2D eigenvalue weighted by Gasteiger charge is 2.24. The SMILES string of the molecule is Cc1ccc(CN(CCBr)C2CCC2)c(Cl)c1. The van der Waals surface area contributed by atoms with Crippen LogP contribution in [0.5, 0.6) is 0 Å². The van der Waals surface area contributed by atoms with Crippen LogP contribution in [0.3, 0.4) is 0 Å². The number of hydrogen-bond donors (Lipinski definition) is 0. The Morgan fingerprint density at radius 3 is 2.71 bits per heavy atom. The number of benzene rings is 1. The standard InChI is InChI=1S/C14H19BrClN/c1-11-5-6-12(14(16)9-11)10-17(8-7-15)13-3-2-4-13/h5-6,9,13H,2-4,7-8,10H2,1H3. The minimum absolute atomic E-state index is 0.768. The molecule has 17 heavy (non-hydrogen) atoms. The fourth-order valence-electron chi connectivity index (χ4n) is 2.25. The molecule has 1 aromatic rings. The summed E-state index contributed by atoms with van der Waals surface area (Å²) in [6.07, 6.45) is 4.07. The average Bonchev–Trinajstić information content (AvgIpc) is 2.20. The minimum atomic E-state index is 0.768. The van der Waals surface area contributed by atoms with Gasteiger partial charge in [0, 0.05) is 29.5 Å². The highest BCUT2D eigenvalue weighted by atomic mass is 79.9. The monoisotopic (exact) mass is 315 g/mol. The van der Waals surface area contributed by atoms with E-state index in [1.807, 2.05) is 0 Å². The zero-order valence-corrected chi connectivity index (χ0v) is 12.6. The van der Waals surface area contributed by atoms with Crippen LogP contribution in [0, 0.1) is 6.92 Å². The fourth-order valence-corrected chi connectivity index (χ4v) is 3.00. The third-order valence-corrected chi connectivity index (χ3v) is 4.25. The summed E-state index contributed by atoms with van der Waals surface area (Å²) in [6, 6.07) is 7.14. The first-order valence-electron chi connectivity index (χ1n) is 6.25. The summed E-state index contributed by atoms with van der Waals surface area (Å²) in [6.45, 7) is 4.17. The molecule has 0 radical (unpaired) electrons. The molecule has 0 saturated heterocycles. The molecule has 1 fully saturated rings. The molecule has 0 aromatic heterocycles. The van der Waals surface area contributed by atoms with Gasteiger partial charge in [0.05, 0.1) is 0 Å². The molecule has 0 unspecified atom stereocenters. The Balaban J connectivity index is 2.05. The van der Waals surface area contributed by atoms with Crippen molar-refractivity contribution in [2.75, 3.05) is 11.9 Å². The van der Waals surface area contributed by atoms with Gasteiger partial charge in [-0.25, -0.2) is 0 Å². The van der Waals surface area contributed by atoms with Gasteiger partial charge in [-0.1, -0.05) is 46.1 Å². The van der Waals surface area contributed by atoms with Crippen molar-refractivity contribution in [3.63, 3.8) is 0 Å².